The predicted octanol–water partition coefficient (Wildman–Crippen LogP) is 4.24. The summed E-state index contributed by atoms with van der Waals surface area (Å²) in [6, 6.07) is 7.07. The van der Waals surface area contributed by atoms with Gasteiger partial charge in [-0.1, -0.05) is 0 Å². The highest BCUT2D eigenvalue weighted by atomic mass is 19.3. The number of Topliss-reactive ketones (excluding diaryl/α,β-unsaturated/α-hetero) is 1. The average Bonchev–Trinajstić information content (AvgIpc) is 3.23. The molecular formula is C16H18F2O2. The predicted molar refractivity (Wildman–Crippen MR) is 71.3 cm³/mol. The van der Waals surface area contributed by atoms with Crippen LogP contribution in [0.25, 0.3) is 0 Å². The van der Waals surface area contributed by atoms with E-state index in [2.05, 4.69) is 0 Å². The summed E-state index contributed by atoms with van der Waals surface area (Å²) in [4.78, 5) is 12.3. The zero-order chi connectivity index (χ0) is 14.2. The van der Waals surface area contributed by atoms with Crippen LogP contribution in [0.5, 0.6) is 5.75 Å². The molecule has 0 unspecified atom stereocenters. The third-order valence-electron chi connectivity index (χ3n) is 4.05. The highest BCUT2D eigenvalue weighted by molar-refractivity contribution is 5.98. The van der Waals surface area contributed by atoms with E-state index in [1.165, 1.54) is 0 Å². The first-order chi connectivity index (χ1) is 9.53. The van der Waals surface area contributed by atoms with Gasteiger partial charge in [0, 0.05) is 24.3 Å². The van der Waals surface area contributed by atoms with E-state index in [1.54, 1.807) is 24.3 Å². The van der Waals surface area contributed by atoms with E-state index in [1.807, 2.05) is 0 Å². The number of benzene rings is 1. The lowest BCUT2D eigenvalue weighted by atomic mass is 9.82. The molecule has 4 heteroatoms. The molecule has 0 amide bonds. The van der Waals surface area contributed by atoms with E-state index in [-0.39, 0.29) is 37.4 Å². The van der Waals surface area contributed by atoms with Crippen LogP contribution in [0.2, 0.25) is 0 Å². The van der Waals surface area contributed by atoms with Gasteiger partial charge in [-0.3, -0.25) is 4.79 Å². The molecule has 2 aliphatic rings. The van der Waals surface area contributed by atoms with Gasteiger partial charge in [0.25, 0.3) is 0 Å². The maximum absolute atomic E-state index is 13.1. The highest BCUT2D eigenvalue weighted by Gasteiger charge is 2.37. The summed E-state index contributed by atoms with van der Waals surface area (Å²) in [6.45, 7) is 0. The lowest BCUT2D eigenvalue weighted by Gasteiger charge is -2.27. The molecule has 0 spiro atoms. The van der Waals surface area contributed by atoms with Gasteiger partial charge in [-0.15, -0.1) is 0 Å². The largest absolute Gasteiger partial charge is 0.490 e. The van der Waals surface area contributed by atoms with Crippen LogP contribution in [-0.2, 0) is 0 Å². The second-order valence-corrected chi connectivity index (χ2v) is 5.84. The fourth-order valence-electron chi connectivity index (χ4n) is 2.61. The first kappa shape index (κ1) is 13.5. The first-order valence-electron chi connectivity index (χ1n) is 7.22. The second kappa shape index (κ2) is 5.15. The molecule has 0 atom stereocenters. The molecule has 0 N–H and O–H groups in total. The lowest BCUT2D eigenvalue weighted by molar-refractivity contribution is -0.0424. The van der Waals surface area contributed by atoms with Crippen LogP contribution in [-0.4, -0.2) is 17.8 Å². The zero-order valence-corrected chi connectivity index (χ0v) is 11.3. The van der Waals surface area contributed by atoms with Crippen molar-refractivity contribution < 1.29 is 18.3 Å². The Morgan fingerprint density at radius 2 is 1.65 bits per heavy atom. The third-order valence-corrected chi connectivity index (χ3v) is 4.05. The quantitative estimate of drug-likeness (QED) is 0.771. The fourth-order valence-corrected chi connectivity index (χ4v) is 2.61. The Morgan fingerprint density at radius 3 is 2.20 bits per heavy atom. The van der Waals surface area contributed by atoms with Crippen LogP contribution in [0.4, 0.5) is 8.78 Å². The van der Waals surface area contributed by atoms with Crippen molar-refractivity contribution in [1.82, 2.24) is 0 Å². The summed E-state index contributed by atoms with van der Waals surface area (Å²) in [5, 5.41) is 0. The summed E-state index contributed by atoms with van der Waals surface area (Å²) in [5.74, 6) is -2.08. The van der Waals surface area contributed by atoms with Gasteiger partial charge < -0.3 is 4.74 Å². The number of carbonyl (C=O) groups is 1. The van der Waals surface area contributed by atoms with Crippen molar-refractivity contribution in [2.24, 2.45) is 5.92 Å². The van der Waals surface area contributed by atoms with Crippen molar-refractivity contribution in [3.63, 3.8) is 0 Å². The molecule has 20 heavy (non-hydrogen) atoms. The molecule has 2 aliphatic carbocycles. The Bertz CT molecular complexity index is 482. The maximum Gasteiger partial charge on any atom is 0.248 e. The van der Waals surface area contributed by atoms with Crippen molar-refractivity contribution in [3.05, 3.63) is 29.8 Å². The van der Waals surface area contributed by atoms with Crippen molar-refractivity contribution in [2.75, 3.05) is 0 Å². The topological polar surface area (TPSA) is 26.3 Å². The zero-order valence-electron chi connectivity index (χ0n) is 11.3. The van der Waals surface area contributed by atoms with Crippen LogP contribution in [0.3, 0.4) is 0 Å². The summed E-state index contributed by atoms with van der Waals surface area (Å²) >= 11 is 0. The molecular weight excluding hydrogens is 262 g/mol. The Kier molecular flexibility index (Phi) is 3.48. The maximum atomic E-state index is 13.1. The Morgan fingerprint density at radius 1 is 1.05 bits per heavy atom. The van der Waals surface area contributed by atoms with Crippen molar-refractivity contribution in [2.45, 2.75) is 50.6 Å². The van der Waals surface area contributed by atoms with Gasteiger partial charge in [0.2, 0.25) is 5.92 Å². The average molecular weight is 280 g/mol. The molecule has 0 radical (unpaired) electrons. The molecule has 2 fully saturated rings. The fraction of sp³-hybridized carbons (Fsp3) is 0.562. The Balaban J connectivity index is 1.61. The summed E-state index contributed by atoms with van der Waals surface area (Å²) in [7, 11) is 0. The number of carbonyl (C=O) groups excluding carboxylic acids is 1. The molecule has 2 nitrogen and oxygen atoms in total. The van der Waals surface area contributed by atoms with Gasteiger partial charge in [-0.05, 0) is 49.9 Å². The number of ether oxygens (including phenoxy) is 1. The van der Waals surface area contributed by atoms with Crippen LogP contribution in [0.15, 0.2) is 24.3 Å². The normalized spacial score (nSPS) is 22.5. The van der Waals surface area contributed by atoms with E-state index in [0.29, 0.717) is 11.7 Å². The Hall–Kier alpha value is -1.45. The number of ketones is 1. The number of alkyl halides is 2. The third kappa shape index (κ3) is 3.17. The molecule has 108 valence electrons. The highest BCUT2D eigenvalue weighted by Crippen LogP contribution is 2.37. The molecule has 2 saturated carbocycles. The van der Waals surface area contributed by atoms with Gasteiger partial charge >= 0.3 is 0 Å². The summed E-state index contributed by atoms with van der Waals surface area (Å²) in [6.07, 6.45) is 2.74. The molecule has 0 aliphatic heterocycles. The van der Waals surface area contributed by atoms with Crippen molar-refractivity contribution in [3.8, 4) is 5.75 Å². The minimum absolute atomic E-state index is 0.0153. The van der Waals surface area contributed by atoms with Gasteiger partial charge in [-0.2, -0.15) is 0 Å². The first-order valence-corrected chi connectivity index (χ1v) is 7.22. The minimum atomic E-state index is -2.58. The van der Waals surface area contributed by atoms with Gasteiger partial charge in [0.15, 0.2) is 5.78 Å². The molecule has 3 rings (SSSR count). The van der Waals surface area contributed by atoms with Crippen LogP contribution >= 0.6 is 0 Å². The Labute approximate surface area is 117 Å². The van der Waals surface area contributed by atoms with E-state index < -0.39 is 5.92 Å². The van der Waals surface area contributed by atoms with Gasteiger partial charge in [0.1, 0.15) is 5.75 Å². The summed E-state index contributed by atoms with van der Waals surface area (Å²) in [5.41, 5.74) is 0.600. The van der Waals surface area contributed by atoms with Gasteiger partial charge in [-0.25, -0.2) is 8.78 Å². The van der Waals surface area contributed by atoms with Crippen molar-refractivity contribution >= 4 is 5.78 Å². The lowest BCUT2D eigenvalue weighted by Crippen LogP contribution is -2.28. The molecule has 1 aromatic rings. The smallest absolute Gasteiger partial charge is 0.248 e. The van der Waals surface area contributed by atoms with E-state index in [9.17, 15) is 13.6 Å². The van der Waals surface area contributed by atoms with E-state index >= 15 is 0 Å². The van der Waals surface area contributed by atoms with E-state index in [4.69, 9.17) is 4.74 Å². The number of rotatable bonds is 4. The van der Waals surface area contributed by atoms with Crippen molar-refractivity contribution in [1.29, 1.82) is 0 Å². The summed E-state index contributed by atoms with van der Waals surface area (Å²) < 4.78 is 31.8. The molecule has 0 heterocycles. The molecule has 0 aromatic heterocycles. The SMILES string of the molecule is O=C(c1ccc(OC2CC2)cc1)C1CCC(F)(F)CC1. The number of hydrogen-bond acceptors (Lipinski definition) is 2. The number of halogens is 2. The molecule has 0 bridgehead atoms. The monoisotopic (exact) mass is 280 g/mol. The van der Waals surface area contributed by atoms with Crippen LogP contribution in [0, 0.1) is 5.92 Å². The minimum Gasteiger partial charge on any atom is -0.490 e. The van der Waals surface area contributed by atoms with Crippen LogP contribution < -0.4 is 4.74 Å². The number of hydrogen-bond donors (Lipinski definition) is 0. The molecule has 0 saturated heterocycles. The van der Waals surface area contributed by atoms with E-state index in [0.717, 1.165) is 18.6 Å². The standard InChI is InChI=1S/C16H18F2O2/c17-16(18)9-7-12(8-10-16)15(19)11-1-3-13(4-2-11)20-14-5-6-14/h1-4,12,14H,5-10H2. The van der Waals surface area contributed by atoms with Crippen LogP contribution in [0.1, 0.15) is 48.9 Å². The second-order valence-electron chi connectivity index (χ2n) is 5.84. The van der Waals surface area contributed by atoms with Gasteiger partial charge in [0.05, 0.1) is 6.10 Å². The molecule has 1 aromatic carbocycles.